The van der Waals surface area contributed by atoms with Gasteiger partial charge in [-0.25, -0.2) is 0 Å². The number of nitrogens with one attached hydrogen (secondary N) is 1. The summed E-state index contributed by atoms with van der Waals surface area (Å²) in [5, 5.41) is 2.97. The average Bonchev–Trinajstić information content (AvgIpc) is 2.49. The van der Waals surface area contributed by atoms with E-state index in [1.165, 1.54) is 19.3 Å². The minimum atomic E-state index is 0.0589. The van der Waals surface area contributed by atoms with Crippen molar-refractivity contribution in [3.05, 3.63) is 35.4 Å². The van der Waals surface area contributed by atoms with Crippen molar-refractivity contribution in [1.82, 2.24) is 10.2 Å². The molecule has 1 aliphatic heterocycles. The van der Waals surface area contributed by atoms with Gasteiger partial charge in [0.1, 0.15) is 0 Å². The number of carbonyl (C=O) groups excluding carboxylic acids is 2. The van der Waals surface area contributed by atoms with Gasteiger partial charge in [-0.15, -0.1) is 0 Å². The van der Waals surface area contributed by atoms with E-state index in [0.717, 1.165) is 5.56 Å². The molecule has 2 atom stereocenters. The van der Waals surface area contributed by atoms with Crippen molar-refractivity contribution in [1.29, 1.82) is 0 Å². The summed E-state index contributed by atoms with van der Waals surface area (Å²) < 4.78 is 0. The number of carbonyl (C=O) groups is 2. The number of nitrogens with zero attached hydrogens (tertiary/aromatic N) is 1. The third-order valence-electron chi connectivity index (χ3n) is 4.55. The summed E-state index contributed by atoms with van der Waals surface area (Å²) in [4.78, 5) is 25.7. The number of hydrogen-bond acceptors (Lipinski definition) is 3. The lowest BCUT2D eigenvalue weighted by Gasteiger charge is -2.38. The number of hydrogen-bond donors (Lipinski definition) is 1. The first kappa shape index (κ1) is 16.7. The second-order valence-electron chi connectivity index (χ2n) is 6.33. The Morgan fingerprint density at radius 3 is 2.27 bits per heavy atom. The molecule has 1 fully saturated rings. The summed E-state index contributed by atoms with van der Waals surface area (Å²) in [6.07, 6.45) is 3.59. The number of piperidine rings is 1. The highest BCUT2D eigenvalue weighted by Gasteiger charge is 2.26. The molecule has 4 heteroatoms. The van der Waals surface area contributed by atoms with E-state index in [1.807, 2.05) is 12.1 Å². The molecule has 1 heterocycles. The van der Waals surface area contributed by atoms with Gasteiger partial charge in [-0.3, -0.25) is 14.5 Å². The highest BCUT2D eigenvalue weighted by molar-refractivity contribution is 5.94. The van der Waals surface area contributed by atoms with Gasteiger partial charge in [-0.1, -0.05) is 30.7 Å². The molecule has 0 spiro atoms. The second-order valence-corrected chi connectivity index (χ2v) is 6.33. The van der Waals surface area contributed by atoms with Gasteiger partial charge in [0.2, 0.25) is 5.91 Å². The van der Waals surface area contributed by atoms with Gasteiger partial charge in [0, 0.05) is 24.2 Å². The third-order valence-corrected chi connectivity index (χ3v) is 4.55. The highest BCUT2D eigenvalue weighted by Crippen LogP contribution is 2.21. The highest BCUT2D eigenvalue weighted by atomic mass is 16.2. The second kappa shape index (κ2) is 7.54. The molecular formula is C18H26N2O2. The van der Waals surface area contributed by atoms with Crippen LogP contribution in [-0.4, -0.2) is 35.2 Å². The zero-order chi connectivity index (χ0) is 16.1. The first-order chi connectivity index (χ1) is 10.5. The number of likely N-dealkylation sites (tertiary alicyclic amines) is 1. The maximum atomic E-state index is 12.1. The Labute approximate surface area is 132 Å². The van der Waals surface area contributed by atoms with E-state index >= 15 is 0 Å². The number of benzene rings is 1. The van der Waals surface area contributed by atoms with Crippen molar-refractivity contribution in [2.24, 2.45) is 0 Å². The summed E-state index contributed by atoms with van der Waals surface area (Å²) in [5.41, 5.74) is 1.71. The van der Waals surface area contributed by atoms with Gasteiger partial charge >= 0.3 is 0 Å². The van der Waals surface area contributed by atoms with Crippen LogP contribution in [0.15, 0.2) is 24.3 Å². The summed E-state index contributed by atoms with van der Waals surface area (Å²) >= 11 is 0. The SMILES string of the molecule is CC(=O)c1ccc(CNC(=O)CN2C(C)CCCC2C)cc1. The van der Waals surface area contributed by atoms with Gasteiger partial charge < -0.3 is 5.32 Å². The fourth-order valence-corrected chi connectivity index (χ4v) is 3.07. The van der Waals surface area contributed by atoms with Gasteiger partial charge in [0.05, 0.1) is 6.54 Å². The Morgan fingerprint density at radius 1 is 1.14 bits per heavy atom. The molecule has 1 N–H and O–H groups in total. The van der Waals surface area contributed by atoms with Crippen molar-refractivity contribution in [3.8, 4) is 0 Å². The monoisotopic (exact) mass is 302 g/mol. The van der Waals surface area contributed by atoms with Crippen molar-refractivity contribution >= 4 is 11.7 Å². The molecule has 2 rings (SSSR count). The maximum Gasteiger partial charge on any atom is 0.234 e. The van der Waals surface area contributed by atoms with E-state index in [-0.39, 0.29) is 11.7 Å². The molecule has 1 aromatic carbocycles. The Bertz CT molecular complexity index is 514. The predicted molar refractivity (Wildman–Crippen MR) is 87.8 cm³/mol. The van der Waals surface area contributed by atoms with Crippen molar-refractivity contribution in [2.45, 2.75) is 58.7 Å². The lowest BCUT2D eigenvalue weighted by Crippen LogP contribution is -2.48. The smallest absolute Gasteiger partial charge is 0.234 e. The van der Waals surface area contributed by atoms with Crippen LogP contribution in [0.4, 0.5) is 0 Å². The summed E-state index contributed by atoms with van der Waals surface area (Å²) in [7, 11) is 0. The predicted octanol–water partition coefficient (Wildman–Crippen LogP) is 2.77. The largest absolute Gasteiger partial charge is 0.351 e. The zero-order valence-corrected chi connectivity index (χ0v) is 13.8. The van der Waals surface area contributed by atoms with Crippen molar-refractivity contribution in [3.63, 3.8) is 0 Å². The molecule has 22 heavy (non-hydrogen) atoms. The molecule has 1 amide bonds. The summed E-state index contributed by atoms with van der Waals surface area (Å²) in [6.45, 7) is 6.92. The molecule has 0 radical (unpaired) electrons. The topological polar surface area (TPSA) is 49.4 Å². The molecule has 1 aromatic rings. The zero-order valence-electron chi connectivity index (χ0n) is 13.8. The van der Waals surface area contributed by atoms with E-state index in [4.69, 9.17) is 0 Å². The van der Waals surface area contributed by atoms with Crippen LogP contribution < -0.4 is 5.32 Å². The average molecular weight is 302 g/mol. The molecule has 1 aliphatic rings. The Kier molecular flexibility index (Phi) is 5.72. The molecular weight excluding hydrogens is 276 g/mol. The molecule has 0 bridgehead atoms. The molecule has 0 aromatic heterocycles. The molecule has 4 nitrogen and oxygen atoms in total. The van der Waals surface area contributed by atoms with Crippen LogP contribution in [0.5, 0.6) is 0 Å². The lowest BCUT2D eigenvalue weighted by molar-refractivity contribution is -0.124. The van der Waals surface area contributed by atoms with Crippen molar-refractivity contribution in [2.75, 3.05) is 6.54 Å². The summed E-state index contributed by atoms with van der Waals surface area (Å²) in [6, 6.07) is 8.34. The normalized spacial score (nSPS) is 22.3. The number of Topliss-reactive ketones (excluding diaryl/α,β-unsaturated/α-hetero) is 1. The minimum absolute atomic E-state index is 0.0589. The van der Waals surface area contributed by atoms with Crippen LogP contribution >= 0.6 is 0 Å². The quantitative estimate of drug-likeness (QED) is 0.851. The molecule has 0 saturated carbocycles. The maximum absolute atomic E-state index is 12.1. The number of rotatable bonds is 5. The van der Waals surface area contributed by atoms with Gasteiger partial charge in [-0.2, -0.15) is 0 Å². The van der Waals surface area contributed by atoms with E-state index in [2.05, 4.69) is 24.1 Å². The number of amides is 1. The third kappa shape index (κ3) is 4.41. The van der Waals surface area contributed by atoms with E-state index in [0.29, 0.717) is 30.7 Å². The Hall–Kier alpha value is -1.68. The molecule has 0 aliphatic carbocycles. The van der Waals surface area contributed by atoms with Gasteiger partial charge in [-0.05, 0) is 39.2 Å². The molecule has 2 unspecified atom stereocenters. The van der Waals surface area contributed by atoms with Gasteiger partial charge in [0.15, 0.2) is 5.78 Å². The number of ketones is 1. The Morgan fingerprint density at radius 2 is 1.73 bits per heavy atom. The van der Waals surface area contributed by atoms with Crippen molar-refractivity contribution < 1.29 is 9.59 Å². The van der Waals surface area contributed by atoms with Crippen LogP contribution in [0.3, 0.4) is 0 Å². The van der Waals surface area contributed by atoms with Crippen LogP contribution in [0.25, 0.3) is 0 Å². The lowest BCUT2D eigenvalue weighted by atomic mass is 9.97. The first-order valence-corrected chi connectivity index (χ1v) is 8.09. The molecule has 1 saturated heterocycles. The minimum Gasteiger partial charge on any atom is -0.351 e. The first-order valence-electron chi connectivity index (χ1n) is 8.09. The molecule has 120 valence electrons. The van der Waals surface area contributed by atoms with E-state index < -0.39 is 0 Å². The Balaban J connectivity index is 1.83. The van der Waals surface area contributed by atoms with E-state index in [9.17, 15) is 9.59 Å². The fourth-order valence-electron chi connectivity index (χ4n) is 3.07. The van der Waals surface area contributed by atoms with Crippen LogP contribution in [0.2, 0.25) is 0 Å². The standard InChI is InChI=1S/C18H26N2O2/c1-13-5-4-6-14(2)20(13)12-18(22)19-11-16-7-9-17(10-8-16)15(3)21/h7-10,13-14H,4-6,11-12H2,1-3H3,(H,19,22). The fraction of sp³-hybridized carbons (Fsp3) is 0.556. The van der Waals surface area contributed by atoms with E-state index in [1.54, 1.807) is 19.1 Å². The van der Waals surface area contributed by atoms with Crippen LogP contribution in [0, 0.1) is 0 Å². The van der Waals surface area contributed by atoms with Crippen LogP contribution in [0.1, 0.15) is 56.0 Å². The van der Waals surface area contributed by atoms with Gasteiger partial charge in [0.25, 0.3) is 0 Å². The summed E-state index contributed by atoms with van der Waals surface area (Å²) in [5.74, 6) is 0.125. The van der Waals surface area contributed by atoms with Crippen LogP contribution in [-0.2, 0) is 11.3 Å².